The molecule has 0 heterocycles. The lowest BCUT2D eigenvalue weighted by Crippen LogP contribution is -2.30. The Hall–Kier alpha value is -3.44. The van der Waals surface area contributed by atoms with Crippen molar-refractivity contribution in [3.8, 4) is 5.75 Å². The fourth-order valence-corrected chi connectivity index (χ4v) is 1.52. The Kier molecular flexibility index (Phi) is 8.12. The Labute approximate surface area is 140 Å². The van der Waals surface area contributed by atoms with Crippen molar-refractivity contribution >= 4 is 17.7 Å². The average molecular weight is 357 g/mol. The Morgan fingerprint density at radius 3 is 2.36 bits per heavy atom. The molecule has 0 aliphatic rings. The number of esters is 1. The van der Waals surface area contributed by atoms with Gasteiger partial charge in [-0.25, -0.2) is 4.79 Å². The second kappa shape index (κ2) is 10.4. The van der Waals surface area contributed by atoms with Gasteiger partial charge in [-0.15, -0.1) is 10.1 Å². The van der Waals surface area contributed by atoms with Crippen LogP contribution in [0.5, 0.6) is 5.75 Å². The molecular weight excluding hydrogens is 342 g/mol. The molecule has 12 heteroatoms. The average Bonchev–Trinajstić information content (AvgIpc) is 2.56. The van der Waals surface area contributed by atoms with Crippen molar-refractivity contribution in [3.05, 3.63) is 44.5 Å². The summed E-state index contributed by atoms with van der Waals surface area (Å²) >= 11 is 0. The molecule has 0 fully saturated rings. The summed E-state index contributed by atoms with van der Waals surface area (Å²) in [6.07, 6.45) is -0.736. The number of ether oxygens (including phenoxy) is 2. The van der Waals surface area contributed by atoms with Crippen LogP contribution in [0.2, 0.25) is 0 Å². The number of hydrogen-bond donors (Lipinski definition) is 1. The summed E-state index contributed by atoms with van der Waals surface area (Å²) in [4.78, 5) is 46.5. The van der Waals surface area contributed by atoms with Gasteiger partial charge in [-0.2, -0.15) is 0 Å². The summed E-state index contributed by atoms with van der Waals surface area (Å²) < 4.78 is 9.65. The standard InChI is InChI=1S/C13H15N3O9/c17-12(2-1-8-24-16(21)22)23-9-7-14-13(18)25-11-5-3-10(4-6-11)15(19)20/h3-6H,1-2,7-9H2,(H,14,18). The first kappa shape index (κ1) is 19.6. The fraction of sp³-hybridized carbons (Fsp3) is 0.385. The molecule has 0 aromatic heterocycles. The van der Waals surface area contributed by atoms with Gasteiger partial charge in [0, 0.05) is 18.6 Å². The van der Waals surface area contributed by atoms with E-state index in [9.17, 15) is 29.8 Å². The van der Waals surface area contributed by atoms with E-state index in [0.29, 0.717) is 0 Å². The van der Waals surface area contributed by atoms with Gasteiger partial charge in [0.2, 0.25) is 0 Å². The number of amides is 1. The number of nitro groups is 1. The highest BCUT2D eigenvalue weighted by Gasteiger charge is 2.08. The topological polar surface area (TPSA) is 160 Å². The van der Waals surface area contributed by atoms with Crippen molar-refractivity contribution in [2.24, 2.45) is 0 Å². The number of non-ortho nitro benzene ring substituents is 1. The number of carbonyl (C=O) groups excluding carboxylic acids is 2. The highest BCUT2D eigenvalue weighted by molar-refractivity contribution is 5.71. The van der Waals surface area contributed by atoms with Crippen molar-refractivity contribution in [1.29, 1.82) is 0 Å². The lowest BCUT2D eigenvalue weighted by Gasteiger charge is -2.07. The third-order valence-electron chi connectivity index (χ3n) is 2.61. The van der Waals surface area contributed by atoms with Gasteiger partial charge >= 0.3 is 12.1 Å². The molecule has 0 aliphatic heterocycles. The summed E-state index contributed by atoms with van der Waals surface area (Å²) in [6.45, 7) is -0.324. The van der Waals surface area contributed by atoms with Crippen LogP contribution < -0.4 is 10.1 Å². The van der Waals surface area contributed by atoms with Gasteiger partial charge in [-0.05, 0) is 18.6 Å². The number of benzene rings is 1. The lowest BCUT2D eigenvalue weighted by atomic mass is 10.3. The molecule has 0 radical (unpaired) electrons. The SMILES string of the molecule is O=C(CCCO[N+](=O)[O-])OCCNC(=O)Oc1ccc([N+](=O)[O-])cc1. The third-order valence-corrected chi connectivity index (χ3v) is 2.61. The van der Waals surface area contributed by atoms with Crippen LogP contribution >= 0.6 is 0 Å². The quantitative estimate of drug-likeness (QED) is 0.281. The van der Waals surface area contributed by atoms with E-state index in [4.69, 9.17) is 9.47 Å². The van der Waals surface area contributed by atoms with Gasteiger partial charge in [0.1, 0.15) is 12.4 Å². The molecule has 12 nitrogen and oxygen atoms in total. The Morgan fingerprint density at radius 1 is 1.08 bits per heavy atom. The zero-order valence-corrected chi connectivity index (χ0v) is 12.9. The van der Waals surface area contributed by atoms with E-state index in [1.165, 1.54) is 24.3 Å². The molecule has 1 amide bonds. The van der Waals surface area contributed by atoms with Crippen molar-refractivity contribution in [2.75, 3.05) is 19.8 Å². The molecule has 1 N–H and O–H groups in total. The molecule has 0 spiro atoms. The normalized spacial score (nSPS) is 9.76. The number of nitrogens with zero attached hydrogens (tertiary/aromatic N) is 2. The van der Waals surface area contributed by atoms with Crippen molar-refractivity contribution < 1.29 is 33.9 Å². The summed E-state index contributed by atoms with van der Waals surface area (Å²) in [6, 6.07) is 4.91. The van der Waals surface area contributed by atoms with E-state index in [0.717, 1.165) is 0 Å². The first-order valence-corrected chi connectivity index (χ1v) is 7.01. The fourth-order valence-electron chi connectivity index (χ4n) is 1.52. The minimum Gasteiger partial charge on any atom is -0.464 e. The maximum absolute atomic E-state index is 11.5. The van der Waals surface area contributed by atoms with Crippen LogP contribution in [0.4, 0.5) is 10.5 Å². The minimum absolute atomic E-state index is 0.0110. The third kappa shape index (κ3) is 8.68. The first-order valence-electron chi connectivity index (χ1n) is 7.01. The molecule has 1 aromatic carbocycles. The molecule has 25 heavy (non-hydrogen) atoms. The molecular formula is C13H15N3O9. The van der Waals surface area contributed by atoms with Crippen LogP contribution in [0, 0.1) is 20.2 Å². The molecule has 0 bridgehead atoms. The van der Waals surface area contributed by atoms with Gasteiger partial charge in [0.05, 0.1) is 18.1 Å². The largest absolute Gasteiger partial charge is 0.464 e. The van der Waals surface area contributed by atoms with Crippen LogP contribution in [-0.2, 0) is 14.4 Å². The Bertz CT molecular complexity index is 618. The molecule has 0 saturated carbocycles. The zero-order chi connectivity index (χ0) is 18.7. The lowest BCUT2D eigenvalue weighted by molar-refractivity contribution is -0.757. The highest BCUT2D eigenvalue weighted by Crippen LogP contribution is 2.17. The predicted molar refractivity (Wildman–Crippen MR) is 80.3 cm³/mol. The van der Waals surface area contributed by atoms with Gasteiger partial charge in [0.25, 0.3) is 10.8 Å². The number of carbonyl (C=O) groups is 2. The van der Waals surface area contributed by atoms with Gasteiger partial charge in [0.15, 0.2) is 0 Å². The number of hydrogen-bond acceptors (Lipinski definition) is 9. The zero-order valence-electron chi connectivity index (χ0n) is 12.9. The second-order valence-electron chi connectivity index (χ2n) is 4.45. The summed E-state index contributed by atoms with van der Waals surface area (Å²) in [5, 5.41) is 21.7. The number of nitro benzene ring substituents is 1. The van der Waals surface area contributed by atoms with E-state index in [1.807, 2.05) is 0 Å². The second-order valence-corrected chi connectivity index (χ2v) is 4.45. The molecule has 136 valence electrons. The minimum atomic E-state index is -0.953. The summed E-state index contributed by atoms with van der Waals surface area (Å²) in [7, 11) is 0. The van der Waals surface area contributed by atoms with Crippen LogP contribution in [0.3, 0.4) is 0 Å². The smallest absolute Gasteiger partial charge is 0.412 e. The van der Waals surface area contributed by atoms with E-state index in [2.05, 4.69) is 10.2 Å². The summed E-state index contributed by atoms with van der Waals surface area (Å²) in [5.74, 6) is -0.469. The van der Waals surface area contributed by atoms with Crippen molar-refractivity contribution in [2.45, 2.75) is 12.8 Å². The monoisotopic (exact) mass is 357 g/mol. The summed E-state index contributed by atoms with van der Waals surface area (Å²) in [5.41, 5.74) is -0.136. The van der Waals surface area contributed by atoms with Crippen LogP contribution in [0.1, 0.15) is 12.8 Å². The molecule has 1 aromatic rings. The highest BCUT2D eigenvalue weighted by atomic mass is 16.9. The van der Waals surface area contributed by atoms with E-state index in [1.54, 1.807) is 0 Å². The Morgan fingerprint density at radius 2 is 1.76 bits per heavy atom. The van der Waals surface area contributed by atoms with Gasteiger partial charge in [-0.1, -0.05) is 0 Å². The van der Waals surface area contributed by atoms with Gasteiger partial charge in [-0.3, -0.25) is 14.9 Å². The van der Waals surface area contributed by atoms with Crippen LogP contribution in [-0.4, -0.2) is 41.8 Å². The molecule has 0 aliphatic carbocycles. The maximum atomic E-state index is 11.5. The predicted octanol–water partition coefficient (Wildman–Crippen LogP) is 1.21. The number of rotatable bonds is 10. The van der Waals surface area contributed by atoms with Crippen molar-refractivity contribution in [3.63, 3.8) is 0 Å². The van der Waals surface area contributed by atoms with Gasteiger partial charge < -0.3 is 19.6 Å². The molecule has 1 rings (SSSR count). The Balaban J connectivity index is 2.14. The molecule has 0 saturated heterocycles. The van der Waals surface area contributed by atoms with E-state index < -0.39 is 22.1 Å². The van der Waals surface area contributed by atoms with E-state index in [-0.39, 0.29) is 44.0 Å². The molecule has 0 unspecified atom stereocenters. The maximum Gasteiger partial charge on any atom is 0.412 e. The van der Waals surface area contributed by atoms with Crippen LogP contribution in [0.15, 0.2) is 24.3 Å². The molecule has 0 atom stereocenters. The van der Waals surface area contributed by atoms with Crippen molar-refractivity contribution in [1.82, 2.24) is 5.32 Å². The first-order chi connectivity index (χ1) is 11.9. The van der Waals surface area contributed by atoms with Crippen LogP contribution in [0.25, 0.3) is 0 Å². The number of nitrogens with one attached hydrogen (secondary N) is 1. The van der Waals surface area contributed by atoms with E-state index >= 15 is 0 Å².